The number of aryl methyl sites for hydroxylation is 1. The van der Waals surface area contributed by atoms with Gasteiger partial charge in [0.05, 0.1) is 12.1 Å². The summed E-state index contributed by atoms with van der Waals surface area (Å²) in [7, 11) is 0. The smallest absolute Gasteiger partial charge is 0.237 e. The van der Waals surface area contributed by atoms with Gasteiger partial charge in [-0.25, -0.2) is 0 Å². The molecular weight excluding hydrogens is 264 g/mol. The Kier molecular flexibility index (Phi) is 3.96. The third kappa shape index (κ3) is 3.49. The summed E-state index contributed by atoms with van der Waals surface area (Å²) >= 11 is 0. The van der Waals surface area contributed by atoms with Crippen molar-refractivity contribution >= 4 is 5.91 Å². The van der Waals surface area contributed by atoms with Crippen LogP contribution in [0.3, 0.4) is 0 Å². The Bertz CT molecular complexity index is 537. The van der Waals surface area contributed by atoms with Gasteiger partial charge >= 0.3 is 0 Å². The Morgan fingerprint density at radius 1 is 1.48 bits per heavy atom. The van der Waals surface area contributed by atoms with Crippen LogP contribution in [0, 0.1) is 17.8 Å². The molecule has 1 aromatic rings. The molecule has 4 nitrogen and oxygen atoms in total. The van der Waals surface area contributed by atoms with Crippen LogP contribution in [0.2, 0.25) is 0 Å². The maximum atomic E-state index is 12.4. The van der Waals surface area contributed by atoms with Crippen molar-refractivity contribution in [2.75, 3.05) is 0 Å². The Labute approximate surface area is 127 Å². The summed E-state index contributed by atoms with van der Waals surface area (Å²) in [6.07, 6.45) is 1.81. The molecule has 0 bridgehead atoms. The van der Waals surface area contributed by atoms with E-state index in [1.807, 2.05) is 33.8 Å². The first-order valence-corrected chi connectivity index (χ1v) is 7.65. The summed E-state index contributed by atoms with van der Waals surface area (Å²) in [5.74, 6) is 1.81. The maximum Gasteiger partial charge on any atom is 0.237 e. The van der Waals surface area contributed by atoms with E-state index in [1.165, 1.54) is 0 Å². The van der Waals surface area contributed by atoms with Gasteiger partial charge in [-0.3, -0.25) is 4.79 Å². The summed E-state index contributed by atoms with van der Waals surface area (Å²) in [5.41, 5.74) is 7.05. The van der Waals surface area contributed by atoms with Gasteiger partial charge in [0.25, 0.3) is 0 Å². The molecule has 0 saturated carbocycles. The molecule has 1 aliphatic carbocycles. The first kappa shape index (κ1) is 16.1. The van der Waals surface area contributed by atoms with Crippen molar-refractivity contribution in [2.24, 2.45) is 16.6 Å². The second-order valence-corrected chi connectivity index (χ2v) is 8.19. The van der Waals surface area contributed by atoms with Gasteiger partial charge in [-0.1, -0.05) is 34.6 Å². The first-order valence-electron chi connectivity index (χ1n) is 7.65. The molecule has 1 aliphatic rings. The molecule has 2 unspecified atom stereocenters. The Morgan fingerprint density at radius 2 is 2.10 bits per heavy atom. The van der Waals surface area contributed by atoms with Gasteiger partial charge in [-0.15, -0.1) is 0 Å². The normalized spacial score (nSPS) is 22.5. The minimum Gasteiger partial charge on any atom is -0.466 e. The van der Waals surface area contributed by atoms with Crippen LogP contribution in [0.25, 0.3) is 0 Å². The zero-order chi connectivity index (χ0) is 16.0. The van der Waals surface area contributed by atoms with Gasteiger partial charge in [0.2, 0.25) is 5.91 Å². The van der Waals surface area contributed by atoms with E-state index in [9.17, 15) is 4.79 Å². The van der Waals surface area contributed by atoms with Crippen molar-refractivity contribution in [3.8, 4) is 0 Å². The van der Waals surface area contributed by atoms with Crippen LogP contribution in [-0.4, -0.2) is 11.9 Å². The highest BCUT2D eigenvalue weighted by molar-refractivity contribution is 5.82. The molecule has 21 heavy (non-hydrogen) atoms. The zero-order valence-corrected chi connectivity index (χ0v) is 14.0. The third-order valence-corrected chi connectivity index (χ3v) is 4.27. The van der Waals surface area contributed by atoms with E-state index in [4.69, 9.17) is 10.2 Å². The fourth-order valence-corrected chi connectivity index (χ4v) is 2.97. The topological polar surface area (TPSA) is 68.3 Å². The van der Waals surface area contributed by atoms with Gasteiger partial charge in [0.1, 0.15) is 11.5 Å². The van der Waals surface area contributed by atoms with Crippen molar-refractivity contribution in [3.63, 3.8) is 0 Å². The fourth-order valence-electron chi connectivity index (χ4n) is 2.97. The SMILES string of the molecule is Cc1cc2c(o1)CC(C)(C)CC2NC(=O)C(N)C(C)(C)C. The second-order valence-electron chi connectivity index (χ2n) is 8.19. The number of amides is 1. The molecule has 0 radical (unpaired) electrons. The van der Waals surface area contributed by atoms with E-state index < -0.39 is 6.04 Å². The molecule has 0 fully saturated rings. The van der Waals surface area contributed by atoms with Crippen LogP contribution >= 0.6 is 0 Å². The van der Waals surface area contributed by atoms with Crippen molar-refractivity contribution in [1.29, 1.82) is 0 Å². The lowest BCUT2D eigenvalue weighted by Gasteiger charge is -2.36. The lowest BCUT2D eigenvalue weighted by atomic mass is 9.74. The number of hydrogen-bond donors (Lipinski definition) is 2. The summed E-state index contributed by atoms with van der Waals surface area (Å²) in [5, 5.41) is 3.13. The number of carbonyl (C=O) groups excluding carboxylic acids is 1. The molecule has 3 N–H and O–H groups in total. The lowest BCUT2D eigenvalue weighted by molar-refractivity contribution is -0.125. The van der Waals surface area contributed by atoms with Crippen molar-refractivity contribution in [3.05, 3.63) is 23.2 Å². The minimum atomic E-state index is -0.515. The van der Waals surface area contributed by atoms with Crippen LogP contribution in [0.5, 0.6) is 0 Å². The number of furan rings is 1. The summed E-state index contributed by atoms with van der Waals surface area (Å²) < 4.78 is 5.80. The molecule has 1 aromatic heterocycles. The van der Waals surface area contributed by atoms with Crippen LogP contribution < -0.4 is 11.1 Å². The van der Waals surface area contributed by atoms with E-state index in [0.717, 1.165) is 29.9 Å². The Balaban J connectivity index is 2.22. The summed E-state index contributed by atoms with van der Waals surface area (Å²) in [4.78, 5) is 12.4. The molecule has 2 rings (SSSR count). The Hall–Kier alpha value is -1.29. The molecule has 0 aromatic carbocycles. The lowest BCUT2D eigenvalue weighted by Crippen LogP contribution is -2.50. The van der Waals surface area contributed by atoms with Gasteiger partial charge in [-0.2, -0.15) is 0 Å². The predicted molar refractivity (Wildman–Crippen MR) is 83.9 cm³/mol. The van der Waals surface area contributed by atoms with Crippen molar-refractivity contribution in [1.82, 2.24) is 5.32 Å². The minimum absolute atomic E-state index is 0.0119. The number of rotatable bonds is 2. The molecule has 0 spiro atoms. The number of carbonyl (C=O) groups is 1. The van der Waals surface area contributed by atoms with E-state index >= 15 is 0 Å². The second kappa shape index (κ2) is 5.16. The molecule has 1 amide bonds. The molecule has 4 heteroatoms. The van der Waals surface area contributed by atoms with Crippen LogP contribution in [0.1, 0.15) is 64.2 Å². The molecule has 0 aliphatic heterocycles. The monoisotopic (exact) mass is 292 g/mol. The first-order chi connectivity index (χ1) is 9.49. The average Bonchev–Trinajstić information content (AvgIpc) is 2.65. The maximum absolute atomic E-state index is 12.4. The van der Waals surface area contributed by atoms with E-state index in [2.05, 4.69) is 19.2 Å². The van der Waals surface area contributed by atoms with E-state index in [-0.39, 0.29) is 22.8 Å². The number of hydrogen-bond acceptors (Lipinski definition) is 3. The molecule has 1 heterocycles. The summed E-state index contributed by atoms with van der Waals surface area (Å²) in [6.45, 7) is 12.3. The van der Waals surface area contributed by atoms with Crippen LogP contribution in [0.15, 0.2) is 10.5 Å². The van der Waals surface area contributed by atoms with Crippen molar-refractivity contribution < 1.29 is 9.21 Å². The number of nitrogens with two attached hydrogens (primary N) is 1. The van der Waals surface area contributed by atoms with Gasteiger partial charge in [-0.05, 0) is 30.2 Å². The molecular formula is C17H28N2O2. The Morgan fingerprint density at radius 3 is 2.67 bits per heavy atom. The van der Waals surface area contributed by atoms with Crippen LogP contribution in [0.4, 0.5) is 0 Å². The van der Waals surface area contributed by atoms with Crippen LogP contribution in [-0.2, 0) is 11.2 Å². The summed E-state index contributed by atoms with van der Waals surface area (Å²) in [6, 6.07) is 1.51. The van der Waals surface area contributed by atoms with E-state index in [1.54, 1.807) is 0 Å². The van der Waals surface area contributed by atoms with Gasteiger partial charge in [0, 0.05) is 12.0 Å². The highest BCUT2D eigenvalue weighted by Gasteiger charge is 2.37. The standard InChI is InChI=1S/C17H28N2O2/c1-10-7-11-12(8-17(5,6)9-13(11)21-10)19-15(20)14(18)16(2,3)4/h7,12,14H,8-9,18H2,1-6H3,(H,19,20). The largest absolute Gasteiger partial charge is 0.466 e. The predicted octanol–water partition coefficient (Wildman–Crippen LogP) is 3.09. The van der Waals surface area contributed by atoms with Crippen molar-refractivity contribution in [2.45, 2.75) is 66.5 Å². The number of nitrogens with one attached hydrogen (secondary N) is 1. The van der Waals surface area contributed by atoms with Gasteiger partial charge < -0.3 is 15.5 Å². The third-order valence-electron chi connectivity index (χ3n) is 4.27. The molecule has 0 saturated heterocycles. The van der Waals surface area contributed by atoms with Gasteiger partial charge in [0.15, 0.2) is 0 Å². The zero-order valence-electron chi connectivity index (χ0n) is 14.0. The highest BCUT2D eigenvalue weighted by Crippen LogP contribution is 2.42. The fraction of sp³-hybridized carbons (Fsp3) is 0.706. The van der Waals surface area contributed by atoms with E-state index in [0.29, 0.717) is 0 Å². The highest BCUT2D eigenvalue weighted by atomic mass is 16.3. The molecule has 2 atom stereocenters. The average molecular weight is 292 g/mol. The molecule has 118 valence electrons. The number of fused-ring (bicyclic) bond motifs is 1. The quantitative estimate of drug-likeness (QED) is 0.880.